The second kappa shape index (κ2) is 12.0. The molecule has 0 amide bonds. The molecule has 0 radical (unpaired) electrons. The fourth-order valence-electron chi connectivity index (χ4n) is 11.7. The Morgan fingerprint density at radius 3 is 1.70 bits per heavy atom. The zero-order valence-corrected chi connectivity index (χ0v) is 25.9. The van der Waals surface area contributed by atoms with E-state index in [4.69, 9.17) is 0 Å². The van der Waals surface area contributed by atoms with Gasteiger partial charge in [-0.2, -0.15) is 0 Å². The van der Waals surface area contributed by atoms with Crippen LogP contribution in [-0.4, -0.2) is 23.0 Å². The van der Waals surface area contributed by atoms with Gasteiger partial charge in [0.25, 0.3) is 0 Å². The maximum Gasteiger partial charge on any atom is 0.122 e. The van der Waals surface area contributed by atoms with Crippen molar-refractivity contribution in [3.8, 4) is 0 Å². The largest absolute Gasteiger partial charge is 0.122 e. The normalized spacial score (nSPS) is 42.7. The lowest BCUT2D eigenvalue weighted by atomic mass is 9.34. The van der Waals surface area contributed by atoms with Gasteiger partial charge < -0.3 is 0 Å². The first-order chi connectivity index (χ1) is 17.8. The quantitative estimate of drug-likeness (QED) is 0.335. The number of fused-ring (bicyclic) bond motifs is 2. The van der Waals surface area contributed by atoms with Crippen LogP contribution in [0.2, 0.25) is 16.3 Å². The molecule has 0 aromatic carbocycles. The molecule has 37 heavy (non-hydrogen) atoms. The summed E-state index contributed by atoms with van der Waals surface area (Å²) in [6.45, 7) is 2.83. The minimum Gasteiger partial charge on any atom is -0.0808 e. The summed E-state index contributed by atoms with van der Waals surface area (Å²) in [7, 11) is 7.06. The summed E-state index contributed by atoms with van der Waals surface area (Å²) in [4.78, 5) is 0. The molecule has 5 rings (SSSR count). The molecule has 0 aromatic heterocycles. The average molecular weight is 504 g/mol. The Labute approximate surface area is 235 Å². The molecule has 3 heteroatoms. The first-order valence-electron chi connectivity index (χ1n) is 17.8. The van der Waals surface area contributed by atoms with Crippen LogP contribution in [0, 0.1) is 16.2 Å². The maximum absolute atomic E-state index is 2.83. The van der Waals surface area contributed by atoms with Crippen LogP contribution in [-0.2, 0) is 0 Å². The predicted molar refractivity (Wildman–Crippen MR) is 171 cm³/mol. The van der Waals surface area contributed by atoms with E-state index < -0.39 is 0 Å². The van der Waals surface area contributed by atoms with E-state index in [2.05, 4.69) is 22.6 Å². The van der Waals surface area contributed by atoms with Gasteiger partial charge in [-0.15, -0.1) is 0 Å². The third kappa shape index (κ3) is 6.11. The average Bonchev–Trinajstić information content (AvgIpc) is 3.16. The van der Waals surface area contributed by atoms with Crippen LogP contribution >= 0.6 is 0 Å². The lowest BCUT2D eigenvalue weighted by molar-refractivity contribution is -0.0252. The van der Waals surface area contributed by atoms with Crippen molar-refractivity contribution < 1.29 is 0 Å². The molecule has 5 aliphatic carbocycles. The summed E-state index contributed by atoms with van der Waals surface area (Å²) in [5, 5.41) is 1.27. The minimum absolute atomic E-state index is 0.610. The molecule has 0 saturated heterocycles. The standard InChI is InChI=1S/C34H63B3/c1-30(18-12-13-24-34(36,25-14-19-30)37-29-16-8-4-2-5-9-17-29)31-20-15-21-32(28-31,27-26-31)33(35)22-10-6-3-7-11-23-33/h29,37H,2-28,35-36H2,1H3. The van der Waals surface area contributed by atoms with Crippen molar-refractivity contribution >= 4 is 23.0 Å². The molecule has 4 atom stereocenters. The zero-order valence-electron chi connectivity index (χ0n) is 25.9. The Hall–Kier alpha value is 0.195. The van der Waals surface area contributed by atoms with Gasteiger partial charge in [0.2, 0.25) is 0 Å². The predicted octanol–water partition coefficient (Wildman–Crippen LogP) is 9.33. The molecule has 0 heterocycles. The van der Waals surface area contributed by atoms with Crippen molar-refractivity contribution in [1.82, 2.24) is 0 Å². The second-order valence-electron chi connectivity index (χ2n) is 16.8. The van der Waals surface area contributed by atoms with Crippen molar-refractivity contribution in [2.24, 2.45) is 16.2 Å². The van der Waals surface area contributed by atoms with Crippen molar-refractivity contribution in [2.45, 2.75) is 197 Å². The van der Waals surface area contributed by atoms with Crippen LogP contribution in [0.4, 0.5) is 0 Å². The molecule has 5 aliphatic rings. The molecule has 208 valence electrons. The van der Waals surface area contributed by atoms with Crippen molar-refractivity contribution in [3.05, 3.63) is 0 Å². The molecule has 0 aromatic rings. The monoisotopic (exact) mass is 505 g/mol. The first-order valence-corrected chi connectivity index (χ1v) is 17.8. The molecular formula is C34H63B3. The Morgan fingerprint density at radius 2 is 0.973 bits per heavy atom. The van der Waals surface area contributed by atoms with Crippen LogP contribution < -0.4 is 0 Å². The molecule has 5 saturated carbocycles. The van der Waals surface area contributed by atoms with E-state index in [-0.39, 0.29) is 0 Å². The fourth-order valence-corrected chi connectivity index (χ4v) is 11.7. The minimum atomic E-state index is 0.610. The number of hydrogen-bond donors (Lipinski definition) is 0. The zero-order chi connectivity index (χ0) is 25.9. The Morgan fingerprint density at radius 1 is 0.486 bits per heavy atom. The number of rotatable bonds is 4. The molecule has 4 unspecified atom stereocenters. The van der Waals surface area contributed by atoms with Gasteiger partial charge in [0.05, 0.1) is 7.85 Å². The van der Waals surface area contributed by atoms with E-state index in [1.165, 1.54) is 109 Å². The highest BCUT2D eigenvalue weighted by atomic mass is 14.7. The Balaban J connectivity index is 1.27. The van der Waals surface area contributed by atoms with Crippen LogP contribution in [0.3, 0.4) is 0 Å². The van der Waals surface area contributed by atoms with Gasteiger partial charge in [0.15, 0.2) is 0 Å². The van der Waals surface area contributed by atoms with Crippen LogP contribution in [0.25, 0.3) is 0 Å². The fraction of sp³-hybridized carbons (Fsp3) is 1.00. The third-order valence-corrected chi connectivity index (χ3v) is 14.4. The highest BCUT2D eigenvalue weighted by Crippen LogP contribution is 2.74. The summed E-state index contributed by atoms with van der Waals surface area (Å²) in [5.41, 5.74) is 1.98. The third-order valence-electron chi connectivity index (χ3n) is 14.4. The van der Waals surface area contributed by atoms with E-state index in [0.29, 0.717) is 26.8 Å². The van der Waals surface area contributed by atoms with Gasteiger partial charge >= 0.3 is 0 Å². The summed E-state index contributed by atoms with van der Waals surface area (Å²) in [6.07, 6.45) is 41.4. The summed E-state index contributed by atoms with van der Waals surface area (Å²) in [6, 6.07) is 0. The van der Waals surface area contributed by atoms with Crippen molar-refractivity contribution in [1.29, 1.82) is 0 Å². The van der Waals surface area contributed by atoms with Crippen LogP contribution in [0.15, 0.2) is 0 Å². The Bertz CT molecular complexity index is 721. The van der Waals surface area contributed by atoms with E-state index >= 15 is 0 Å². The Kier molecular flexibility index (Phi) is 9.29. The molecule has 0 aliphatic heterocycles. The van der Waals surface area contributed by atoms with Crippen LogP contribution in [0.1, 0.15) is 180 Å². The smallest absolute Gasteiger partial charge is 0.0808 e. The van der Waals surface area contributed by atoms with E-state index in [1.807, 2.05) is 0 Å². The van der Waals surface area contributed by atoms with Gasteiger partial charge in [0.1, 0.15) is 15.1 Å². The van der Waals surface area contributed by atoms with E-state index in [1.54, 1.807) is 71.5 Å². The molecule has 5 fully saturated rings. The highest BCUT2D eigenvalue weighted by molar-refractivity contribution is 6.55. The topological polar surface area (TPSA) is 0 Å². The summed E-state index contributed by atoms with van der Waals surface area (Å²) in [5.74, 6) is 1.04. The lowest BCUT2D eigenvalue weighted by Crippen LogP contribution is -2.45. The van der Waals surface area contributed by atoms with Gasteiger partial charge in [-0.25, -0.2) is 0 Å². The summed E-state index contributed by atoms with van der Waals surface area (Å²) >= 11 is 0. The lowest BCUT2D eigenvalue weighted by Gasteiger charge is -2.56. The van der Waals surface area contributed by atoms with E-state index in [9.17, 15) is 0 Å². The highest BCUT2D eigenvalue weighted by Gasteiger charge is 2.62. The van der Waals surface area contributed by atoms with Gasteiger partial charge in [-0.1, -0.05) is 152 Å². The molecular weight excluding hydrogens is 441 g/mol. The van der Waals surface area contributed by atoms with Crippen molar-refractivity contribution in [3.63, 3.8) is 0 Å². The first kappa shape index (κ1) is 28.7. The molecule has 0 N–H and O–H groups in total. The molecule has 2 bridgehead atoms. The van der Waals surface area contributed by atoms with Crippen molar-refractivity contribution in [2.75, 3.05) is 0 Å². The molecule has 0 nitrogen and oxygen atoms in total. The molecule has 0 spiro atoms. The number of hydrogen-bond acceptors (Lipinski definition) is 0. The summed E-state index contributed by atoms with van der Waals surface area (Å²) < 4.78 is 0. The van der Waals surface area contributed by atoms with Gasteiger partial charge in [-0.05, 0) is 61.2 Å². The van der Waals surface area contributed by atoms with Crippen LogP contribution in [0.5, 0.6) is 0 Å². The SMILES string of the molecule is BC1(BC2CCCCCCC2)CCCCC(C)(C23CCCC(C4(B)CCCCCCC4)(CC2)C3)CCC1. The van der Waals surface area contributed by atoms with Gasteiger partial charge in [-0.3, -0.25) is 0 Å². The van der Waals surface area contributed by atoms with E-state index in [0.717, 1.165) is 5.82 Å². The second-order valence-corrected chi connectivity index (χ2v) is 16.8. The maximum atomic E-state index is 2.83. The van der Waals surface area contributed by atoms with Gasteiger partial charge in [0, 0.05) is 0 Å².